The van der Waals surface area contributed by atoms with Crippen molar-refractivity contribution in [1.82, 2.24) is 9.80 Å². The first-order valence-electron chi connectivity index (χ1n) is 6.99. The van der Waals surface area contributed by atoms with Crippen LogP contribution in [0.5, 0.6) is 0 Å². The standard InChI is InChI=1S/C16H25N3/c1-4-10-19(12-11-18(2)3)14-16(13-17)15-8-6-5-7-9-15/h5-9,16H,4,10-12,14H2,1-3H3. The minimum absolute atomic E-state index is 0.0325. The van der Waals surface area contributed by atoms with Gasteiger partial charge in [-0.1, -0.05) is 37.3 Å². The topological polar surface area (TPSA) is 30.3 Å². The second-order valence-corrected chi connectivity index (χ2v) is 5.20. The fourth-order valence-corrected chi connectivity index (χ4v) is 2.12. The highest BCUT2D eigenvalue weighted by Gasteiger charge is 2.15. The summed E-state index contributed by atoms with van der Waals surface area (Å²) in [5, 5.41) is 9.39. The molecule has 0 heterocycles. The Kier molecular flexibility index (Phi) is 7.17. The van der Waals surface area contributed by atoms with Crippen molar-refractivity contribution in [2.45, 2.75) is 19.3 Å². The van der Waals surface area contributed by atoms with Crippen LogP contribution in [0.25, 0.3) is 0 Å². The van der Waals surface area contributed by atoms with Gasteiger partial charge < -0.3 is 9.80 Å². The van der Waals surface area contributed by atoms with Crippen LogP contribution < -0.4 is 0 Å². The van der Waals surface area contributed by atoms with E-state index in [2.05, 4.69) is 36.9 Å². The maximum atomic E-state index is 9.39. The van der Waals surface area contributed by atoms with Crippen molar-refractivity contribution in [1.29, 1.82) is 5.26 Å². The van der Waals surface area contributed by atoms with E-state index in [9.17, 15) is 5.26 Å². The minimum atomic E-state index is -0.0325. The van der Waals surface area contributed by atoms with Gasteiger partial charge in [0.1, 0.15) is 0 Å². The fraction of sp³-hybridized carbons (Fsp3) is 0.562. The van der Waals surface area contributed by atoms with Crippen LogP contribution in [-0.2, 0) is 0 Å². The van der Waals surface area contributed by atoms with E-state index in [-0.39, 0.29) is 5.92 Å². The summed E-state index contributed by atoms with van der Waals surface area (Å²) in [5.74, 6) is -0.0325. The van der Waals surface area contributed by atoms with Crippen LogP contribution in [0.4, 0.5) is 0 Å². The number of hydrogen-bond donors (Lipinski definition) is 0. The maximum Gasteiger partial charge on any atom is 0.0839 e. The molecule has 0 bridgehead atoms. The lowest BCUT2D eigenvalue weighted by atomic mass is 10.00. The molecule has 0 amide bonds. The zero-order valence-corrected chi connectivity index (χ0v) is 12.3. The van der Waals surface area contributed by atoms with E-state index in [1.54, 1.807) is 0 Å². The van der Waals surface area contributed by atoms with E-state index in [0.29, 0.717) is 0 Å². The molecule has 1 atom stereocenters. The Hall–Kier alpha value is -1.37. The summed E-state index contributed by atoms with van der Waals surface area (Å²) in [6.07, 6.45) is 1.13. The van der Waals surface area contributed by atoms with Crippen LogP contribution in [-0.4, -0.2) is 50.1 Å². The lowest BCUT2D eigenvalue weighted by Gasteiger charge is -2.25. The molecule has 19 heavy (non-hydrogen) atoms. The monoisotopic (exact) mass is 259 g/mol. The Morgan fingerprint density at radius 1 is 1.11 bits per heavy atom. The molecule has 0 N–H and O–H groups in total. The Balaban J connectivity index is 2.63. The third-order valence-corrected chi connectivity index (χ3v) is 3.20. The lowest BCUT2D eigenvalue weighted by Crippen LogP contribution is -2.35. The number of nitrogens with zero attached hydrogens (tertiary/aromatic N) is 3. The first-order chi connectivity index (χ1) is 9.17. The largest absolute Gasteiger partial charge is 0.308 e. The predicted octanol–water partition coefficient (Wildman–Crippen LogP) is 2.57. The van der Waals surface area contributed by atoms with Gasteiger partial charge in [-0.25, -0.2) is 0 Å². The van der Waals surface area contributed by atoms with Crippen molar-refractivity contribution in [3.63, 3.8) is 0 Å². The van der Waals surface area contributed by atoms with E-state index >= 15 is 0 Å². The Morgan fingerprint density at radius 2 is 1.79 bits per heavy atom. The summed E-state index contributed by atoms with van der Waals surface area (Å²) in [6.45, 7) is 6.12. The normalized spacial score (nSPS) is 12.6. The van der Waals surface area contributed by atoms with Gasteiger partial charge in [0.2, 0.25) is 0 Å². The van der Waals surface area contributed by atoms with Crippen molar-refractivity contribution in [3.8, 4) is 6.07 Å². The Morgan fingerprint density at radius 3 is 2.32 bits per heavy atom. The molecule has 0 fully saturated rings. The number of rotatable bonds is 8. The van der Waals surface area contributed by atoms with E-state index in [1.165, 1.54) is 0 Å². The SMILES string of the molecule is CCCN(CCN(C)C)CC(C#N)c1ccccc1. The van der Waals surface area contributed by atoms with Gasteiger partial charge in [0, 0.05) is 19.6 Å². The van der Waals surface area contributed by atoms with Gasteiger partial charge in [-0.2, -0.15) is 5.26 Å². The van der Waals surface area contributed by atoms with E-state index in [1.807, 2.05) is 30.3 Å². The third kappa shape index (κ3) is 5.87. The summed E-state index contributed by atoms with van der Waals surface area (Å²) in [6, 6.07) is 12.5. The predicted molar refractivity (Wildman–Crippen MR) is 80.1 cm³/mol. The number of nitriles is 1. The van der Waals surface area contributed by atoms with Crippen molar-refractivity contribution in [3.05, 3.63) is 35.9 Å². The van der Waals surface area contributed by atoms with Gasteiger partial charge in [-0.05, 0) is 32.6 Å². The summed E-state index contributed by atoms with van der Waals surface area (Å²) in [7, 11) is 4.17. The van der Waals surface area contributed by atoms with Crippen LogP contribution in [0.15, 0.2) is 30.3 Å². The molecule has 0 aliphatic heterocycles. The molecule has 0 aliphatic rings. The van der Waals surface area contributed by atoms with Crippen LogP contribution in [0.2, 0.25) is 0 Å². The molecule has 1 rings (SSSR count). The Labute approximate surface area is 117 Å². The molecule has 1 unspecified atom stereocenters. The van der Waals surface area contributed by atoms with Crippen molar-refractivity contribution >= 4 is 0 Å². The van der Waals surface area contributed by atoms with Gasteiger partial charge in [-0.3, -0.25) is 0 Å². The van der Waals surface area contributed by atoms with Crippen LogP contribution in [0.1, 0.15) is 24.8 Å². The highest BCUT2D eigenvalue weighted by Crippen LogP contribution is 2.16. The van der Waals surface area contributed by atoms with Crippen molar-refractivity contribution < 1.29 is 0 Å². The lowest BCUT2D eigenvalue weighted by molar-refractivity contribution is 0.237. The summed E-state index contributed by atoms with van der Waals surface area (Å²) in [5.41, 5.74) is 1.12. The molecule has 3 heteroatoms. The maximum absolute atomic E-state index is 9.39. The zero-order chi connectivity index (χ0) is 14.1. The average Bonchev–Trinajstić information content (AvgIpc) is 2.42. The average molecular weight is 259 g/mol. The van der Waals surface area contributed by atoms with Crippen LogP contribution in [0, 0.1) is 11.3 Å². The molecule has 1 aromatic rings. The Bertz CT molecular complexity index is 381. The number of likely N-dealkylation sites (N-methyl/N-ethyl adjacent to an activating group) is 1. The molecule has 0 aliphatic carbocycles. The second kappa shape index (κ2) is 8.68. The summed E-state index contributed by atoms with van der Waals surface area (Å²) < 4.78 is 0. The minimum Gasteiger partial charge on any atom is -0.308 e. The quantitative estimate of drug-likeness (QED) is 0.719. The van der Waals surface area contributed by atoms with Gasteiger partial charge in [0.25, 0.3) is 0 Å². The molecule has 1 aromatic carbocycles. The zero-order valence-electron chi connectivity index (χ0n) is 12.3. The molecule has 3 nitrogen and oxygen atoms in total. The second-order valence-electron chi connectivity index (χ2n) is 5.20. The van der Waals surface area contributed by atoms with Gasteiger partial charge >= 0.3 is 0 Å². The highest BCUT2D eigenvalue weighted by molar-refractivity contribution is 5.25. The van der Waals surface area contributed by atoms with Gasteiger partial charge in [0.15, 0.2) is 0 Å². The van der Waals surface area contributed by atoms with Gasteiger partial charge in [0.05, 0.1) is 12.0 Å². The van der Waals surface area contributed by atoms with Crippen LogP contribution >= 0.6 is 0 Å². The number of hydrogen-bond acceptors (Lipinski definition) is 3. The fourth-order valence-electron chi connectivity index (χ4n) is 2.12. The molecular weight excluding hydrogens is 234 g/mol. The van der Waals surface area contributed by atoms with Gasteiger partial charge in [-0.15, -0.1) is 0 Å². The summed E-state index contributed by atoms with van der Waals surface area (Å²) in [4.78, 5) is 4.58. The molecule has 0 saturated heterocycles. The molecule has 0 radical (unpaired) electrons. The molecule has 104 valence electrons. The molecular formula is C16H25N3. The molecule has 0 saturated carbocycles. The molecule has 0 spiro atoms. The number of benzene rings is 1. The van der Waals surface area contributed by atoms with E-state index < -0.39 is 0 Å². The van der Waals surface area contributed by atoms with E-state index in [0.717, 1.165) is 38.2 Å². The van der Waals surface area contributed by atoms with Crippen LogP contribution in [0.3, 0.4) is 0 Å². The first kappa shape index (κ1) is 15.7. The smallest absolute Gasteiger partial charge is 0.0839 e. The van der Waals surface area contributed by atoms with Crippen molar-refractivity contribution in [2.24, 2.45) is 0 Å². The molecule has 0 aromatic heterocycles. The third-order valence-electron chi connectivity index (χ3n) is 3.20. The first-order valence-corrected chi connectivity index (χ1v) is 6.99. The van der Waals surface area contributed by atoms with Crippen molar-refractivity contribution in [2.75, 3.05) is 40.3 Å². The van der Waals surface area contributed by atoms with E-state index in [4.69, 9.17) is 0 Å². The highest BCUT2D eigenvalue weighted by atomic mass is 15.2. The summed E-state index contributed by atoms with van der Waals surface area (Å²) >= 11 is 0.